The van der Waals surface area contributed by atoms with Crippen LogP contribution in [0.1, 0.15) is 24.9 Å². The Bertz CT molecular complexity index is 302. The lowest BCUT2D eigenvalue weighted by atomic mass is 10.2. The first-order chi connectivity index (χ1) is 6.26. The van der Waals surface area contributed by atoms with Gasteiger partial charge in [0.1, 0.15) is 5.82 Å². The van der Waals surface area contributed by atoms with Crippen LogP contribution in [0.3, 0.4) is 0 Å². The third-order valence-corrected chi connectivity index (χ3v) is 1.81. The van der Waals surface area contributed by atoms with E-state index in [1.165, 1.54) is 0 Å². The lowest BCUT2D eigenvalue weighted by Gasteiger charge is -1.99. The smallest absolute Gasteiger partial charge is 0.125 e. The summed E-state index contributed by atoms with van der Waals surface area (Å²) >= 11 is 0. The number of aliphatic hydroxyl groups excluding tert-OH is 1. The van der Waals surface area contributed by atoms with Crippen molar-refractivity contribution in [1.29, 1.82) is 0 Å². The second-order valence-corrected chi connectivity index (χ2v) is 2.84. The van der Waals surface area contributed by atoms with E-state index in [1.54, 1.807) is 6.20 Å². The average Bonchev–Trinajstić information content (AvgIpc) is 2.14. The van der Waals surface area contributed by atoms with Crippen molar-refractivity contribution >= 4 is 6.08 Å². The van der Waals surface area contributed by atoms with Crippen LogP contribution in [-0.2, 0) is 0 Å². The van der Waals surface area contributed by atoms with Crippen molar-refractivity contribution < 1.29 is 5.11 Å². The van der Waals surface area contributed by atoms with E-state index in [2.05, 4.69) is 9.97 Å². The molecule has 0 aromatic carbocycles. The minimum atomic E-state index is 0.0968. The molecule has 0 fully saturated rings. The first-order valence-electron chi connectivity index (χ1n) is 4.36. The molecule has 0 saturated carbocycles. The molecule has 0 unspecified atom stereocenters. The van der Waals surface area contributed by atoms with Gasteiger partial charge in [-0.2, -0.15) is 0 Å². The summed E-state index contributed by atoms with van der Waals surface area (Å²) in [6.45, 7) is 3.96. The van der Waals surface area contributed by atoms with Crippen LogP contribution < -0.4 is 0 Å². The van der Waals surface area contributed by atoms with E-state index < -0.39 is 0 Å². The van der Waals surface area contributed by atoms with Gasteiger partial charge < -0.3 is 5.11 Å². The maximum absolute atomic E-state index is 8.94. The molecule has 1 aromatic heterocycles. The van der Waals surface area contributed by atoms with Crippen LogP contribution in [0.4, 0.5) is 0 Å². The summed E-state index contributed by atoms with van der Waals surface area (Å²) < 4.78 is 0. The molecule has 0 saturated heterocycles. The van der Waals surface area contributed by atoms with E-state index in [1.807, 2.05) is 26.0 Å². The van der Waals surface area contributed by atoms with E-state index in [4.69, 9.17) is 5.11 Å². The molecule has 0 radical (unpaired) electrons. The summed E-state index contributed by atoms with van der Waals surface area (Å²) in [6.07, 6.45) is 4.47. The number of nitrogens with zero attached hydrogens (tertiary/aromatic N) is 2. The molecule has 0 bridgehead atoms. The SMILES string of the molecule is CC/C(=C/c1ccnc(C)n1)CO. The highest BCUT2D eigenvalue weighted by Crippen LogP contribution is 2.06. The predicted molar refractivity (Wildman–Crippen MR) is 52.1 cm³/mol. The van der Waals surface area contributed by atoms with Gasteiger partial charge in [-0.15, -0.1) is 0 Å². The van der Waals surface area contributed by atoms with Crippen molar-refractivity contribution in [1.82, 2.24) is 9.97 Å². The largest absolute Gasteiger partial charge is 0.392 e. The molecule has 13 heavy (non-hydrogen) atoms. The topological polar surface area (TPSA) is 46.0 Å². The Morgan fingerprint density at radius 3 is 2.92 bits per heavy atom. The van der Waals surface area contributed by atoms with Gasteiger partial charge in [0.05, 0.1) is 12.3 Å². The minimum absolute atomic E-state index is 0.0968. The molecule has 1 heterocycles. The fourth-order valence-corrected chi connectivity index (χ4v) is 1.02. The molecule has 0 amide bonds. The van der Waals surface area contributed by atoms with Crippen molar-refractivity contribution in [2.45, 2.75) is 20.3 Å². The van der Waals surface area contributed by atoms with Crippen LogP contribution in [0.5, 0.6) is 0 Å². The number of hydrogen-bond acceptors (Lipinski definition) is 3. The van der Waals surface area contributed by atoms with Gasteiger partial charge in [-0.05, 0) is 31.1 Å². The monoisotopic (exact) mass is 178 g/mol. The molecule has 0 atom stereocenters. The van der Waals surface area contributed by atoms with Crippen molar-refractivity contribution in [3.63, 3.8) is 0 Å². The molecule has 3 heteroatoms. The normalized spacial score (nSPS) is 11.8. The Balaban J connectivity index is 2.89. The van der Waals surface area contributed by atoms with Crippen molar-refractivity contribution in [2.75, 3.05) is 6.61 Å². The quantitative estimate of drug-likeness (QED) is 0.764. The van der Waals surface area contributed by atoms with Gasteiger partial charge in [0.2, 0.25) is 0 Å². The summed E-state index contributed by atoms with van der Waals surface area (Å²) in [4.78, 5) is 8.21. The van der Waals surface area contributed by atoms with Crippen molar-refractivity contribution in [3.8, 4) is 0 Å². The van der Waals surface area contributed by atoms with Gasteiger partial charge in [0.15, 0.2) is 0 Å². The van der Waals surface area contributed by atoms with E-state index >= 15 is 0 Å². The van der Waals surface area contributed by atoms with Gasteiger partial charge >= 0.3 is 0 Å². The maximum Gasteiger partial charge on any atom is 0.125 e. The molecule has 0 spiro atoms. The lowest BCUT2D eigenvalue weighted by Crippen LogP contribution is -1.92. The highest BCUT2D eigenvalue weighted by Gasteiger charge is 1.94. The van der Waals surface area contributed by atoms with Gasteiger partial charge in [0.25, 0.3) is 0 Å². The highest BCUT2D eigenvalue weighted by molar-refractivity contribution is 5.48. The minimum Gasteiger partial charge on any atom is -0.392 e. The van der Waals surface area contributed by atoms with Crippen molar-refractivity contribution in [2.24, 2.45) is 0 Å². The molecule has 1 rings (SSSR count). The zero-order valence-corrected chi connectivity index (χ0v) is 7.99. The summed E-state index contributed by atoms with van der Waals surface area (Å²) in [5.41, 5.74) is 1.84. The predicted octanol–water partition coefficient (Wildman–Crippen LogP) is 1.57. The fraction of sp³-hybridized carbons (Fsp3) is 0.400. The van der Waals surface area contributed by atoms with Gasteiger partial charge in [-0.25, -0.2) is 9.97 Å². The number of aliphatic hydroxyl groups is 1. The molecule has 1 N–H and O–H groups in total. The Hall–Kier alpha value is -1.22. The third-order valence-electron chi connectivity index (χ3n) is 1.81. The summed E-state index contributed by atoms with van der Waals surface area (Å²) in [6, 6.07) is 1.83. The molecular weight excluding hydrogens is 164 g/mol. The first kappa shape index (κ1) is 9.86. The summed E-state index contributed by atoms with van der Waals surface area (Å²) in [5, 5.41) is 8.94. The molecule has 3 nitrogen and oxygen atoms in total. The molecule has 70 valence electrons. The lowest BCUT2D eigenvalue weighted by molar-refractivity contribution is 0.329. The van der Waals surface area contributed by atoms with Crippen LogP contribution in [0.2, 0.25) is 0 Å². The van der Waals surface area contributed by atoms with E-state index in [0.717, 1.165) is 23.5 Å². The first-order valence-corrected chi connectivity index (χ1v) is 4.36. The fourth-order valence-electron chi connectivity index (χ4n) is 1.02. The Morgan fingerprint density at radius 2 is 2.38 bits per heavy atom. The molecule has 0 aliphatic rings. The Morgan fingerprint density at radius 1 is 1.62 bits per heavy atom. The zero-order valence-electron chi connectivity index (χ0n) is 7.99. The van der Waals surface area contributed by atoms with Gasteiger partial charge in [0, 0.05) is 6.20 Å². The number of aromatic nitrogens is 2. The second-order valence-electron chi connectivity index (χ2n) is 2.84. The van der Waals surface area contributed by atoms with Crippen LogP contribution in [0.15, 0.2) is 17.8 Å². The standard InChI is InChI=1S/C10H14N2O/c1-3-9(7-13)6-10-4-5-11-8(2)12-10/h4-6,13H,3,7H2,1-2H3/b9-6-. The number of rotatable bonds is 3. The second kappa shape index (κ2) is 4.72. The van der Waals surface area contributed by atoms with E-state index in [9.17, 15) is 0 Å². The average molecular weight is 178 g/mol. The molecular formula is C10H14N2O. The molecule has 1 aromatic rings. The van der Waals surface area contributed by atoms with Crippen LogP contribution in [0, 0.1) is 6.92 Å². The Kier molecular flexibility index (Phi) is 3.58. The number of aryl methyl sites for hydroxylation is 1. The van der Waals surface area contributed by atoms with Crippen LogP contribution in [-0.4, -0.2) is 21.7 Å². The van der Waals surface area contributed by atoms with E-state index in [-0.39, 0.29) is 6.61 Å². The van der Waals surface area contributed by atoms with Gasteiger partial charge in [-0.1, -0.05) is 6.92 Å². The summed E-state index contributed by atoms with van der Waals surface area (Å²) in [5.74, 6) is 0.752. The summed E-state index contributed by atoms with van der Waals surface area (Å²) in [7, 11) is 0. The molecule has 0 aliphatic carbocycles. The maximum atomic E-state index is 8.94. The van der Waals surface area contributed by atoms with Gasteiger partial charge in [-0.3, -0.25) is 0 Å². The van der Waals surface area contributed by atoms with Crippen molar-refractivity contribution in [3.05, 3.63) is 29.4 Å². The molecule has 0 aliphatic heterocycles. The highest BCUT2D eigenvalue weighted by atomic mass is 16.3. The van der Waals surface area contributed by atoms with E-state index in [0.29, 0.717) is 0 Å². The van der Waals surface area contributed by atoms with Crippen LogP contribution >= 0.6 is 0 Å². The number of hydrogen-bond donors (Lipinski definition) is 1. The zero-order chi connectivity index (χ0) is 9.68. The van der Waals surface area contributed by atoms with Crippen LogP contribution in [0.25, 0.3) is 6.08 Å². The third kappa shape index (κ3) is 2.95. The Labute approximate surface area is 78.2 Å².